The van der Waals surface area contributed by atoms with Gasteiger partial charge in [-0.25, -0.2) is 10.2 Å². The van der Waals surface area contributed by atoms with Gasteiger partial charge in [-0.2, -0.15) is 5.10 Å². The topological polar surface area (TPSA) is 56.7 Å². The molecule has 5 heteroatoms. The summed E-state index contributed by atoms with van der Waals surface area (Å²) in [6.07, 6.45) is 1.63. The van der Waals surface area contributed by atoms with Gasteiger partial charge in [-0.1, -0.05) is 60.7 Å². The minimum absolute atomic E-state index is 0.376. The Balaban J connectivity index is 1.54. The molecule has 0 saturated carbocycles. The molecule has 0 heterocycles. The number of rotatable bonds is 7. The summed E-state index contributed by atoms with van der Waals surface area (Å²) in [4.78, 5) is 14.1. The Morgan fingerprint density at radius 2 is 1.57 bits per heavy atom. The van der Waals surface area contributed by atoms with Gasteiger partial charge in [-0.15, -0.1) is 0 Å². The molecule has 3 rings (SSSR count). The van der Waals surface area contributed by atoms with Crippen LogP contribution in [0.1, 0.15) is 18.1 Å². The maximum atomic E-state index is 11.8. The Labute approximate surface area is 165 Å². The van der Waals surface area contributed by atoms with E-state index in [2.05, 4.69) is 64.1 Å². The number of hydrogen-bond donors (Lipinski definition) is 2. The summed E-state index contributed by atoms with van der Waals surface area (Å²) in [6.45, 7) is 3.93. The second-order valence-corrected chi connectivity index (χ2v) is 6.28. The van der Waals surface area contributed by atoms with E-state index in [0.29, 0.717) is 0 Å². The Bertz CT molecular complexity index is 893. The van der Waals surface area contributed by atoms with Crippen LogP contribution in [0.2, 0.25) is 0 Å². The van der Waals surface area contributed by atoms with Crippen molar-refractivity contribution >= 4 is 23.6 Å². The molecule has 0 unspecified atom stereocenters. The average molecular weight is 372 g/mol. The first-order valence-electron chi connectivity index (χ1n) is 9.28. The lowest BCUT2D eigenvalue weighted by Gasteiger charge is -2.23. The lowest BCUT2D eigenvalue weighted by molar-refractivity contribution is 0.252. The van der Waals surface area contributed by atoms with Crippen LogP contribution in [-0.4, -0.2) is 18.8 Å². The summed E-state index contributed by atoms with van der Waals surface area (Å²) in [6, 6.07) is 27.4. The number of para-hydroxylation sites is 1. The van der Waals surface area contributed by atoms with Gasteiger partial charge in [0.2, 0.25) is 0 Å². The third kappa shape index (κ3) is 5.71. The van der Waals surface area contributed by atoms with Crippen molar-refractivity contribution in [2.24, 2.45) is 5.10 Å². The number of nitrogens with one attached hydrogen (secondary N) is 2. The first-order valence-corrected chi connectivity index (χ1v) is 9.28. The van der Waals surface area contributed by atoms with Gasteiger partial charge in [0.1, 0.15) is 0 Å². The molecule has 0 aromatic heterocycles. The number of hydrazone groups is 1. The molecule has 0 radical (unpaired) electrons. The van der Waals surface area contributed by atoms with Crippen LogP contribution in [0.4, 0.5) is 16.2 Å². The molecule has 28 heavy (non-hydrogen) atoms. The number of benzene rings is 3. The zero-order valence-corrected chi connectivity index (χ0v) is 15.9. The summed E-state index contributed by atoms with van der Waals surface area (Å²) in [7, 11) is 0. The summed E-state index contributed by atoms with van der Waals surface area (Å²) >= 11 is 0. The Morgan fingerprint density at radius 1 is 0.929 bits per heavy atom. The number of carbonyl (C=O) groups excluding carboxylic acids is 1. The fraction of sp³-hybridized carbons (Fsp3) is 0.130. The second kappa shape index (κ2) is 9.92. The van der Waals surface area contributed by atoms with Crippen molar-refractivity contribution in [3.8, 4) is 0 Å². The lowest BCUT2D eigenvalue weighted by Crippen LogP contribution is -2.24. The molecule has 142 valence electrons. The number of urea groups is 1. The number of hydrogen-bond acceptors (Lipinski definition) is 3. The van der Waals surface area contributed by atoms with E-state index in [1.807, 2.05) is 48.5 Å². The van der Waals surface area contributed by atoms with Crippen molar-refractivity contribution in [2.45, 2.75) is 13.5 Å². The third-order valence-corrected chi connectivity index (χ3v) is 4.27. The number of nitrogens with zero attached hydrogens (tertiary/aromatic N) is 2. The van der Waals surface area contributed by atoms with Crippen LogP contribution in [0, 0.1) is 0 Å². The summed E-state index contributed by atoms with van der Waals surface area (Å²) in [5, 5.41) is 6.71. The van der Waals surface area contributed by atoms with E-state index in [4.69, 9.17) is 0 Å². The molecule has 0 aliphatic heterocycles. The number of anilines is 2. The SMILES string of the molecule is CCN(Cc1ccccc1)c1ccc(/C=N/NC(=O)Nc2ccccc2)cc1. The van der Waals surface area contributed by atoms with Crippen LogP contribution in [0.5, 0.6) is 0 Å². The van der Waals surface area contributed by atoms with Gasteiger partial charge in [0.15, 0.2) is 0 Å². The van der Waals surface area contributed by atoms with Crippen molar-refractivity contribution in [1.82, 2.24) is 5.43 Å². The predicted molar refractivity (Wildman–Crippen MR) is 116 cm³/mol. The van der Waals surface area contributed by atoms with Gasteiger partial charge in [-0.3, -0.25) is 0 Å². The molecular formula is C23H24N4O. The predicted octanol–water partition coefficient (Wildman–Crippen LogP) is 4.87. The molecule has 5 nitrogen and oxygen atoms in total. The number of amides is 2. The normalized spacial score (nSPS) is 10.6. The van der Waals surface area contributed by atoms with E-state index >= 15 is 0 Å². The molecule has 3 aromatic carbocycles. The molecule has 2 amide bonds. The third-order valence-electron chi connectivity index (χ3n) is 4.27. The van der Waals surface area contributed by atoms with Crippen molar-refractivity contribution < 1.29 is 4.79 Å². The first kappa shape index (κ1) is 19.2. The molecule has 0 atom stereocenters. The second-order valence-electron chi connectivity index (χ2n) is 6.28. The van der Waals surface area contributed by atoms with E-state index in [1.165, 1.54) is 5.56 Å². The highest BCUT2D eigenvalue weighted by molar-refractivity contribution is 5.90. The molecule has 0 saturated heterocycles. The summed E-state index contributed by atoms with van der Waals surface area (Å²) in [5.74, 6) is 0. The molecule has 0 spiro atoms. The Hall–Kier alpha value is -3.60. The van der Waals surface area contributed by atoms with E-state index in [-0.39, 0.29) is 6.03 Å². The molecule has 0 aliphatic carbocycles. The standard InChI is InChI=1S/C23H24N4O/c1-2-27(18-20-9-5-3-6-10-20)22-15-13-19(14-16-22)17-24-26-23(28)25-21-11-7-4-8-12-21/h3-17H,2,18H2,1H3,(H2,25,26,28)/b24-17+. The van der Waals surface area contributed by atoms with E-state index in [1.54, 1.807) is 6.21 Å². The van der Waals surface area contributed by atoms with Crippen LogP contribution in [0.3, 0.4) is 0 Å². The molecule has 3 aromatic rings. The summed E-state index contributed by atoms with van der Waals surface area (Å²) < 4.78 is 0. The minimum atomic E-state index is -0.376. The highest BCUT2D eigenvalue weighted by atomic mass is 16.2. The molecule has 0 bridgehead atoms. The highest BCUT2D eigenvalue weighted by Gasteiger charge is 2.05. The maximum Gasteiger partial charge on any atom is 0.339 e. The first-order chi connectivity index (χ1) is 13.7. The largest absolute Gasteiger partial charge is 0.367 e. The fourth-order valence-corrected chi connectivity index (χ4v) is 2.81. The van der Waals surface area contributed by atoms with Gasteiger partial charge < -0.3 is 10.2 Å². The summed E-state index contributed by atoms with van der Waals surface area (Å²) in [5.41, 5.74) is 6.54. The fourth-order valence-electron chi connectivity index (χ4n) is 2.81. The van der Waals surface area contributed by atoms with Crippen molar-refractivity contribution in [3.05, 3.63) is 96.1 Å². The Morgan fingerprint density at radius 3 is 2.21 bits per heavy atom. The van der Waals surface area contributed by atoms with Crippen LogP contribution in [-0.2, 0) is 6.54 Å². The molecule has 0 fully saturated rings. The molecular weight excluding hydrogens is 348 g/mol. The van der Waals surface area contributed by atoms with Crippen LogP contribution in [0.15, 0.2) is 90.0 Å². The minimum Gasteiger partial charge on any atom is -0.367 e. The van der Waals surface area contributed by atoms with Gasteiger partial charge in [-0.05, 0) is 42.3 Å². The zero-order chi connectivity index (χ0) is 19.6. The van der Waals surface area contributed by atoms with E-state index < -0.39 is 0 Å². The van der Waals surface area contributed by atoms with Crippen molar-refractivity contribution in [3.63, 3.8) is 0 Å². The molecule has 0 aliphatic rings. The van der Waals surface area contributed by atoms with Gasteiger partial charge in [0.05, 0.1) is 6.21 Å². The quantitative estimate of drug-likeness (QED) is 0.459. The van der Waals surface area contributed by atoms with Crippen LogP contribution >= 0.6 is 0 Å². The Kier molecular flexibility index (Phi) is 6.79. The van der Waals surface area contributed by atoms with Crippen molar-refractivity contribution in [2.75, 3.05) is 16.8 Å². The van der Waals surface area contributed by atoms with Crippen molar-refractivity contribution in [1.29, 1.82) is 0 Å². The lowest BCUT2D eigenvalue weighted by atomic mass is 10.1. The zero-order valence-electron chi connectivity index (χ0n) is 15.9. The highest BCUT2D eigenvalue weighted by Crippen LogP contribution is 2.17. The van der Waals surface area contributed by atoms with Gasteiger partial charge >= 0.3 is 6.03 Å². The van der Waals surface area contributed by atoms with Crippen LogP contribution < -0.4 is 15.6 Å². The van der Waals surface area contributed by atoms with E-state index in [0.717, 1.165) is 30.0 Å². The van der Waals surface area contributed by atoms with E-state index in [9.17, 15) is 4.79 Å². The molecule has 2 N–H and O–H groups in total. The maximum absolute atomic E-state index is 11.8. The average Bonchev–Trinajstić information content (AvgIpc) is 2.74. The van der Waals surface area contributed by atoms with Gasteiger partial charge in [0, 0.05) is 24.5 Å². The number of carbonyl (C=O) groups is 1. The smallest absolute Gasteiger partial charge is 0.339 e. The van der Waals surface area contributed by atoms with Gasteiger partial charge in [0.25, 0.3) is 0 Å². The van der Waals surface area contributed by atoms with Crippen LogP contribution in [0.25, 0.3) is 0 Å². The monoisotopic (exact) mass is 372 g/mol.